The second kappa shape index (κ2) is 16.3. The molecule has 2 amide bonds. The maximum atomic E-state index is 13.3. The van der Waals surface area contributed by atoms with Gasteiger partial charge in [-0.1, -0.05) is 95.3 Å². The number of esters is 1. The first-order valence-corrected chi connectivity index (χ1v) is 16.9. The first kappa shape index (κ1) is 38.1. The van der Waals surface area contributed by atoms with E-state index in [0.29, 0.717) is 31.5 Å². The largest absolute Gasteiger partial charge is 0.480 e. The number of Topliss-reactive ketones (excluding diaryl/α,β-unsaturated/α-hetero) is 1. The average molecular weight is 692 g/mol. The van der Waals surface area contributed by atoms with E-state index in [0.717, 1.165) is 16.7 Å². The van der Waals surface area contributed by atoms with Crippen molar-refractivity contribution in [2.75, 3.05) is 26.8 Å². The molecule has 0 aliphatic carbocycles. The average Bonchev–Trinajstić information content (AvgIpc) is 3.68. The Kier molecular flexibility index (Phi) is 12.4. The lowest BCUT2D eigenvalue weighted by atomic mass is 9.87. The van der Waals surface area contributed by atoms with Gasteiger partial charge >= 0.3 is 24.1 Å². The van der Waals surface area contributed by atoms with E-state index >= 15 is 0 Å². The number of rotatable bonds is 13. The minimum Gasteiger partial charge on any atom is -0.480 e. The number of nitrogens with zero attached hydrogens (tertiary/aromatic N) is 2. The van der Waals surface area contributed by atoms with Crippen molar-refractivity contribution in [2.24, 2.45) is 10.8 Å². The zero-order valence-electron chi connectivity index (χ0n) is 29.8. The Morgan fingerprint density at radius 3 is 2.38 bits per heavy atom. The number of hydrogen-bond donors (Lipinski definition) is 2. The number of hydrogen-bond acceptors (Lipinski definition) is 9. The molecule has 0 spiro atoms. The van der Waals surface area contributed by atoms with Crippen LogP contribution in [0.1, 0.15) is 80.9 Å². The van der Waals surface area contributed by atoms with Crippen LogP contribution < -0.4 is 5.32 Å². The number of likely N-dealkylation sites (tertiary alicyclic amines) is 1. The number of methoxy groups -OCH3 is 1. The maximum absolute atomic E-state index is 13.3. The summed E-state index contributed by atoms with van der Waals surface area (Å²) in [5, 5.41) is 11.9. The fourth-order valence-electron chi connectivity index (χ4n) is 6.18. The molecule has 0 aromatic heterocycles. The standard InChI is InChI=1S/C38H49N3O9/c1-37(2,3)32(33(43)44)39-35(46)49-24-38(4,5)18-11-10-13-25-16-12-17-27-20-41(22-29(25)27)36(47)50-28-19-30(34(45)48-6)40(21-28)23-31(42)26-14-8-7-9-15-26/h7-10,12-17,28,30,32H,11,18-24H2,1-6H3,(H,39,46)(H,43,44)/b13-10+/t28?,30-,32+/m0/s1. The number of allylic oxidation sites excluding steroid dienone is 1. The Balaban J connectivity index is 1.28. The number of nitrogens with one attached hydrogen (secondary N) is 1. The molecule has 2 N–H and O–H groups in total. The lowest BCUT2D eigenvalue weighted by molar-refractivity contribution is -0.145. The predicted molar refractivity (Wildman–Crippen MR) is 186 cm³/mol. The second-order valence-corrected chi connectivity index (χ2v) is 14.8. The fraction of sp³-hybridized carbons (Fsp3) is 0.500. The van der Waals surface area contributed by atoms with Crippen LogP contribution in [0.25, 0.3) is 6.08 Å². The molecule has 4 rings (SSSR count). The van der Waals surface area contributed by atoms with Gasteiger partial charge < -0.3 is 24.6 Å². The van der Waals surface area contributed by atoms with Crippen molar-refractivity contribution in [3.8, 4) is 0 Å². The number of ketones is 1. The molecule has 1 unspecified atom stereocenters. The van der Waals surface area contributed by atoms with Crippen LogP contribution in [0, 0.1) is 10.8 Å². The highest BCUT2D eigenvalue weighted by Crippen LogP contribution is 2.30. The number of ether oxygens (including phenoxy) is 3. The molecule has 2 aliphatic heterocycles. The summed E-state index contributed by atoms with van der Waals surface area (Å²) in [5.74, 6) is -1.72. The van der Waals surface area contributed by atoms with Crippen molar-refractivity contribution in [1.29, 1.82) is 0 Å². The van der Waals surface area contributed by atoms with Gasteiger partial charge in [0.2, 0.25) is 0 Å². The number of carbonyl (C=O) groups is 5. The summed E-state index contributed by atoms with van der Waals surface area (Å²) in [6.45, 7) is 10.3. The molecule has 0 radical (unpaired) electrons. The molecule has 1 saturated heterocycles. The number of carbonyl (C=O) groups excluding carboxylic acids is 4. The monoisotopic (exact) mass is 691 g/mol. The fourth-order valence-corrected chi connectivity index (χ4v) is 6.18. The maximum Gasteiger partial charge on any atom is 0.410 e. The van der Waals surface area contributed by atoms with Gasteiger partial charge in [0.25, 0.3) is 0 Å². The van der Waals surface area contributed by atoms with E-state index in [9.17, 15) is 29.1 Å². The second-order valence-electron chi connectivity index (χ2n) is 14.8. The Hall–Kier alpha value is -4.71. The molecule has 12 heteroatoms. The summed E-state index contributed by atoms with van der Waals surface area (Å²) in [4.78, 5) is 66.0. The Morgan fingerprint density at radius 1 is 1.00 bits per heavy atom. The van der Waals surface area contributed by atoms with Crippen molar-refractivity contribution in [1.82, 2.24) is 15.1 Å². The van der Waals surface area contributed by atoms with Crippen molar-refractivity contribution in [3.63, 3.8) is 0 Å². The van der Waals surface area contributed by atoms with E-state index in [2.05, 4.69) is 11.4 Å². The van der Waals surface area contributed by atoms with Crippen LogP contribution in [-0.2, 0) is 36.9 Å². The molecule has 270 valence electrons. The molecule has 12 nitrogen and oxygen atoms in total. The molecule has 2 aliphatic rings. The van der Waals surface area contributed by atoms with E-state index in [1.165, 1.54) is 7.11 Å². The Morgan fingerprint density at radius 2 is 1.72 bits per heavy atom. The number of amides is 2. The zero-order chi connectivity index (χ0) is 36.6. The topological polar surface area (TPSA) is 152 Å². The summed E-state index contributed by atoms with van der Waals surface area (Å²) >= 11 is 0. The van der Waals surface area contributed by atoms with Gasteiger partial charge in [-0.15, -0.1) is 0 Å². The van der Waals surface area contributed by atoms with E-state index in [1.54, 1.807) is 54.8 Å². The molecule has 0 bridgehead atoms. The lowest BCUT2D eigenvalue weighted by Gasteiger charge is -2.28. The number of carboxylic acid groups (broad SMARTS) is 1. The highest BCUT2D eigenvalue weighted by atomic mass is 16.6. The molecule has 3 atom stereocenters. The molecular formula is C38H49N3O9. The van der Waals surface area contributed by atoms with Gasteiger partial charge in [0.15, 0.2) is 5.78 Å². The third kappa shape index (κ3) is 10.2. The Bertz CT molecular complexity index is 1580. The van der Waals surface area contributed by atoms with Gasteiger partial charge in [0.1, 0.15) is 18.2 Å². The molecular weight excluding hydrogens is 642 g/mol. The Labute approximate surface area is 293 Å². The van der Waals surface area contributed by atoms with Gasteiger partial charge in [-0.05, 0) is 40.4 Å². The third-order valence-electron chi connectivity index (χ3n) is 9.08. The van der Waals surface area contributed by atoms with Gasteiger partial charge in [-0.25, -0.2) is 14.4 Å². The predicted octanol–water partition coefficient (Wildman–Crippen LogP) is 5.68. The number of alkyl carbamates (subject to hydrolysis) is 1. The quantitative estimate of drug-likeness (QED) is 0.152. The zero-order valence-corrected chi connectivity index (χ0v) is 29.8. The first-order chi connectivity index (χ1) is 23.6. The van der Waals surface area contributed by atoms with E-state index in [-0.39, 0.29) is 37.3 Å². The SMILES string of the molecule is COC(=O)[C@@H]1CC(OC(=O)N2Cc3cccc(/C=C/CCC(C)(C)COC(=O)N[C@H](C(=O)O)C(C)(C)C)c3C2)CN1CC(=O)c1ccccc1. The molecule has 2 heterocycles. The molecule has 50 heavy (non-hydrogen) atoms. The summed E-state index contributed by atoms with van der Waals surface area (Å²) < 4.78 is 16.2. The molecule has 0 saturated carbocycles. The number of carboxylic acids is 1. The number of fused-ring (bicyclic) bond motifs is 1. The summed E-state index contributed by atoms with van der Waals surface area (Å²) in [6, 6.07) is 13.0. The van der Waals surface area contributed by atoms with Crippen LogP contribution >= 0.6 is 0 Å². The van der Waals surface area contributed by atoms with Gasteiger partial charge in [-0.2, -0.15) is 0 Å². The van der Waals surface area contributed by atoms with Crippen molar-refractivity contribution in [3.05, 3.63) is 76.9 Å². The van der Waals surface area contributed by atoms with Gasteiger partial charge in [0.05, 0.1) is 26.8 Å². The summed E-state index contributed by atoms with van der Waals surface area (Å²) in [6.07, 6.45) is 3.92. The highest BCUT2D eigenvalue weighted by Gasteiger charge is 2.41. The molecule has 2 aromatic carbocycles. The van der Waals surface area contributed by atoms with Crippen LogP contribution in [-0.4, -0.2) is 89.8 Å². The molecule has 1 fully saturated rings. The summed E-state index contributed by atoms with van der Waals surface area (Å²) in [7, 11) is 1.30. The van der Waals surface area contributed by atoms with Crippen LogP contribution in [0.15, 0.2) is 54.6 Å². The lowest BCUT2D eigenvalue weighted by Crippen LogP contribution is -2.49. The highest BCUT2D eigenvalue weighted by molar-refractivity contribution is 5.98. The van der Waals surface area contributed by atoms with Crippen molar-refractivity contribution in [2.45, 2.75) is 85.2 Å². The van der Waals surface area contributed by atoms with Crippen LogP contribution in [0.5, 0.6) is 0 Å². The van der Waals surface area contributed by atoms with E-state index in [1.807, 2.05) is 44.2 Å². The van der Waals surface area contributed by atoms with Gasteiger partial charge in [0, 0.05) is 25.1 Å². The summed E-state index contributed by atoms with van der Waals surface area (Å²) in [5.41, 5.74) is 2.57. The van der Waals surface area contributed by atoms with Crippen LogP contribution in [0.3, 0.4) is 0 Å². The van der Waals surface area contributed by atoms with E-state index < -0.39 is 47.7 Å². The minimum atomic E-state index is -1.12. The van der Waals surface area contributed by atoms with Crippen molar-refractivity contribution < 1.29 is 43.3 Å². The first-order valence-electron chi connectivity index (χ1n) is 16.9. The minimum absolute atomic E-state index is 0.00682. The number of aliphatic carboxylic acids is 1. The smallest absolute Gasteiger partial charge is 0.410 e. The van der Waals surface area contributed by atoms with E-state index in [4.69, 9.17) is 14.2 Å². The third-order valence-corrected chi connectivity index (χ3v) is 9.08. The molecule has 2 aromatic rings. The van der Waals surface area contributed by atoms with Crippen LogP contribution in [0.2, 0.25) is 0 Å². The normalized spacial score (nSPS) is 18.4. The number of benzene rings is 2. The van der Waals surface area contributed by atoms with Crippen LogP contribution in [0.4, 0.5) is 9.59 Å². The van der Waals surface area contributed by atoms with Gasteiger partial charge in [-0.3, -0.25) is 19.4 Å². The van der Waals surface area contributed by atoms with Crippen molar-refractivity contribution >= 4 is 36.0 Å².